The molecular weight excluding hydrogens is 318 g/mol. The number of nitrogens with zero attached hydrogens (tertiary/aromatic N) is 4. The average molecular weight is 339 g/mol. The van der Waals surface area contributed by atoms with E-state index in [0.717, 1.165) is 28.8 Å². The molecule has 2 aromatic heterocycles. The molecule has 0 spiro atoms. The van der Waals surface area contributed by atoms with Crippen molar-refractivity contribution in [3.8, 4) is 0 Å². The highest BCUT2D eigenvalue weighted by molar-refractivity contribution is 5.88. The summed E-state index contributed by atoms with van der Waals surface area (Å²) >= 11 is 0. The lowest BCUT2D eigenvalue weighted by atomic mass is 10.1. The van der Waals surface area contributed by atoms with E-state index in [1.54, 1.807) is 6.33 Å². The number of hydrogen-bond donors (Lipinski definition) is 1. The quantitative estimate of drug-likeness (QED) is 0.788. The van der Waals surface area contributed by atoms with Crippen LogP contribution in [0.3, 0.4) is 0 Å². The van der Waals surface area contributed by atoms with Crippen molar-refractivity contribution < 1.29 is 9.53 Å². The van der Waals surface area contributed by atoms with Gasteiger partial charge in [-0.25, -0.2) is 0 Å². The maximum Gasteiger partial charge on any atom is 0.227 e. The number of aromatic amines is 1. The molecule has 1 amide bonds. The topological polar surface area (TPSA) is 76.0 Å². The van der Waals surface area contributed by atoms with Crippen LogP contribution in [0.2, 0.25) is 0 Å². The third kappa shape index (κ3) is 3.02. The van der Waals surface area contributed by atoms with E-state index < -0.39 is 0 Å². The first-order valence-corrected chi connectivity index (χ1v) is 8.58. The molecule has 25 heavy (non-hydrogen) atoms. The van der Waals surface area contributed by atoms with E-state index in [0.29, 0.717) is 26.1 Å². The van der Waals surface area contributed by atoms with E-state index in [4.69, 9.17) is 4.74 Å². The van der Waals surface area contributed by atoms with Crippen LogP contribution in [0.25, 0.3) is 10.9 Å². The standard InChI is InChI=1S/C18H21N5O2/c1-2-22-12-20-21-18(22)16-11-23(7-8-25-16)17(24)9-13-10-19-15-6-4-3-5-14(13)15/h3-6,10,12,16,19H,2,7-9,11H2,1H3/t16-/m1/s1. The van der Waals surface area contributed by atoms with E-state index >= 15 is 0 Å². The summed E-state index contributed by atoms with van der Waals surface area (Å²) in [5.41, 5.74) is 2.08. The van der Waals surface area contributed by atoms with Crippen molar-refractivity contribution in [2.45, 2.75) is 26.0 Å². The lowest BCUT2D eigenvalue weighted by Gasteiger charge is -2.32. The monoisotopic (exact) mass is 339 g/mol. The minimum absolute atomic E-state index is 0.112. The third-order valence-corrected chi connectivity index (χ3v) is 4.71. The van der Waals surface area contributed by atoms with Crippen molar-refractivity contribution in [3.05, 3.63) is 48.2 Å². The molecule has 1 aliphatic heterocycles. The lowest BCUT2D eigenvalue weighted by molar-refractivity contribution is -0.138. The van der Waals surface area contributed by atoms with Crippen molar-refractivity contribution in [1.29, 1.82) is 0 Å². The first-order chi connectivity index (χ1) is 12.3. The summed E-state index contributed by atoms with van der Waals surface area (Å²) in [6.45, 7) is 4.46. The molecule has 0 radical (unpaired) electrons. The maximum atomic E-state index is 12.8. The summed E-state index contributed by atoms with van der Waals surface area (Å²) in [4.78, 5) is 17.9. The van der Waals surface area contributed by atoms with Crippen LogP contribution in [0.1, 0.15) is 24.4 Å². The molecule has 0 unspecified atom stereocenters. The number of H-pyrrole nitrogens is 1. The van der Waals surface area contributed by atoms with Gasteiger partial charge in [0.15, 0.2) is 5.82 Å². The van der Waals surface area contributed by atoms with Crippen LogP contribution in [-0.4, -0.2) is 50.3 Å². The highest BCUT2D eigenvalue weighted by atomic mass is 16.5. The number of amides is 1. The molecular formula is C18H21N5O2. The first-order valence-electron chi connectivity index (χ1n) is 8.58. The normalized spacial score (nSPS) is 18.0. The van der Waals surface area contributed by atoms with E-state index in [1.165, 1.54) is 0 Å². The fourth-order valence-electron chi connectivity index (χ4n) is 3.34. The van der Waals surface area contributed by atoms with Gasteiger partial charge in [-0.1, -0.05) is 18.2 Å². The Labute approximate surface area is 145 Å². The molecule has 3 aromatic rings. The van der Waals surface area contributed by atoms with Crippen LogP contribution in [-0.2, 0) is 22.5 Å². The minimum Gasteiger partial charge on any atom is -0.366 e. The summed E-state index contributed by atoms with van der Waals surface area (Å²) in [5.74, 6) is 0.896. The summed E-state index contributed by atoms with van der Waals surface area (Å²) in [6.07, 6.45) is 3.79. The Morgan fingerprint density at radius 1 is 1.40 bits per heavy atom. The Morgan fingerprint density at radius 3 is 3.16 bits per heavy atom. The Hall–Kier alpha value is -2.67. The molecule has 1 atom stereocenters. The number of ether oxygens (including phenoxy) is 1. The van der Waals surface area contributed by atoms with Gasteiger partial charge < -0.3 is 19.2 Å². The molecule has 1 fully saturated rings. The van der Waals surface area contributed by atoms with Crippen molar-refractivity contribution in [3.63, 3.8) is 0 Å². The maximum absolute atomic E-state index is 12.8. The highest BCUT2D eigenvalue weighted by Crippen LogP contribution is 2.23. The van der Waals surface area contributed by atoms with Gasteiger partial charge in [0.05, 0.1) is 19.6 Å². The molecule has 0 saturated carbocycles. The fourth-order valence-corrected chi connectivity index (χ4v) is 3.34. The van der Waals surface area contributed by atoms with E-state index in [1.807, 2.05) is 46.9 Å². The van der Waals surface area contributed by atoms with Crippen LogP contribution in [0.4, 0.5) is 0 Å². The number of morpholine rings is 1. The Morgan fingerprint density at radius 2 is 2.28 bits per heavy atom. The van der Waals surface area contributed by atoms with E-state index in [-0.39, 0.29) is 12.0 Å². The Balaban J connectivity index is 1.48. The first kappa shape index (κ1) is 15.8. The Bertz CT molecular complexity index is 884. The van der Waals surface area contributed by atoms with Gasteiger partial charge in [-0.15, -0.1) is 10.2 Å². The second kappa shape index (κ2) is 6.68. The number of fused-ring (bicyclic) bond motifs is 1. The van der Waals surface area contributed by atoms with Crippen molar-refractivity contribution >= 4 is 16.8 Å². The van der Waals surface area contributed by atoms with Crippen LogP contribution in [0.15, 0.2) is 36.8 Å². The number of carbonyl (C=O) groups excluding carboxylic acids is 1. The summed E-state index contributed by atoms with van der Waals surface area (Å²) in [6, 6.07) is 8.04. The van der Waals surface area contributed by atoms with Gasteiger partial charge in [-0.2, -0.15) is 0 Å². The van der Waals surface area contributed by atoms with Crippen LogP contribution in [0.5, 0.6) is 0 Å². The minimum atomic E-state index is -0.219. The molecule has 1 N–H and O–H groups in total. The van der Waals surface area contributed by atoms with Crippen LogP contribution in [0, 0.1) is 0 Å². The number of aromatic nitrogens is 4. The summed E-state index contributed by atoms with van der Waals surface area (Å²) < 4.78 is 7.78. The van der Waals surface area contributed by atoms with Gasteiger partial charge in [0, 0.05) is 30.2 Å². The number of aryl methyl sites for hydroxylation is 1. The van der Waals surface area contributed by atoms with Crippen molar-refractivity contribution in [1.82, 2.24) is 24.6 Å². The zero-order valence-electron chi connectivity index (χ0n) is 14.2. The molecule has 0 aliphatic carbocycles. The van der Waals surface area contributed by atoms with Gasteiger partial charge in [0.1, 0.15) is 12.4 Å². The van der Waals surface area contributed by atoms with Crippen molar-refractivity contribution in [2.75, 3.05) is 19.7 Å². The van der Waals surface area contributed by atoms with Crippen molar-refractivity contribution in [2.24, 2.45) is 0 Å². The highest BCUT2D eigenvalue weighted by Gasteiger charge is 2.28. The van der Waals surface area contributed by atoms with E-state index in [2.05, 4.69) is 15.2 Å². The molecule has 1 aliphatic rings. The molecule has 7 nitrogen and oxygen atoms in total. The molecule has 4 rings (SSSR count). The molecule has 1 aromatic carbocycles. The SMILES string of the molecule is CCn1cnnc1[C@H]1CN(C(=O)Cc2c[nH]c3ccccc23)CCO1. The second-order valence-electron chi connectivity index (χ2n) is 6.21. The van der Waals surface area contributed by atoms with E-state index in [9.17, 15) is 4.79 Å². The number of hydrogen-bond acceptors (Lipinski definition) is 4. The Kier molecular flexibility index (Phi) is 4.23. The molecule has 7 heteroatoms. The van der Waals surface area contributed by atoms with Gasteiger partial charge in [0.2, 0.25) is 5.91 Å². The van der Waals surface area contributed by atoms with Crippen LogP contribution < -0.4 is 0 Å². The number of nitrogens with one attached hydrogen (secondary N) is 1. The molecule has 0 bridgehead atoms. The number of carbonyl (C=O) groups is 1. The molecule has 130 valence electrons. The smallest absolute Gasteiger partial charge is 0.227 e. The summed E-state index contributed by atoms with van der Waals surface area (Å²) in [7, 11) is 0. The second-order valence-corrected chi connectivity index (χ2v) is 6.21. The predicted molar refractivity (Wildman–Crippen MR) is 93.0 cm³/mol. The number of para-hydroxylation sites is 1. The molecule has 1 saturated heterocycles. The van der Waals surface area contributed by atoms with Gasteiger partial charge in [-0.05, 0) is 18.6 Å². The van der Waals surface area contributed by atoms with Gasteiger partial charge >= 0.3 is 0 Å². The molecule has 3 heterocycles. The summed E-state index contributed by atoms with van der Waals surface area (Å²) in [5, 5.41) is 9.23. The zero-order chi connectivity index (χ0) is 17.2. The lowest BCUT2D eigenvalue weighted by Crippen LogP contribution is -2.43. The average Bonchev–Trinajstić information content (AvgIpc) is 3.29. The fraction of sp³-hybridized carbons (Fsp3) is 0.389. The van der Waals surface area contributed by atoms with Gasteiger partial charge in [-0.3, -0.25) is 4.79 Å². The van der Waals surface area contributed by atoms with Gasteiger partial charge in [0.25, 0.3) is 0 Å². The number of rotatable bonds is 4. The zero-order valence-corrected chi connectivity index (χ0v) is 14.2. The predicted octanol–water partition coefficient (Wildman–Crippen LogP) is 1.92. The largest absolute Gasteiger partial charge is 0.366 e. The third-order valence-electron chi connectivity index (χ3n) is 4.71. The number of benzene rings is 1. The van der Waals surface area contributed by atoms with Crippen LogP contribution >= 0.6 is 0 Å².